The number of ketones is 3. The van der Waals surface area contributed by atoms with Crippen LogP contribution in [0.15, 0.2) is 24.3 Å². The summed E-state index contributed by atoms with van der Waals surface area (Å²) in [6.45, 7) is 8.18. The van der Waals surface area contributed by atoms with Crippen LogP contribution in [0.1, 0.15) is 125 Å². The van der Waals surface area contributed by atoms with E-state index in [2.05, 4.69) is 26.0 Å². The summed E-state index contributed by atoms with van der Waals surface area (Å²) in [6.07, 6.45) is 8.72. The first-order valence-corrected chi connectivity index (χ1v) is 25.8. The Bertz CT molecular complexity index is 2300. The number of ether oxygens (including phenoxy) is 2. The minimum absolute atomic E-state index is 0.0227. The minimum Gasteiger partial charge on any atom is -0.480 e. The van der Waals surface area contributed by atoms with E-state index in [0.29, 0.717) is 56.7 Å². The van der Waals surface area contributed by atoms with Crippen molar-refractivity contribution in [1.29, 1.82) is 0 Å². The Morgan fingerprint density at radius 2 is 0.900 bits per heavy atom. The Morgan fingerprint density at radius 3 is 1.29 bits per heavy atom. The fourth-order valence-corrected chi connectivity index (χ4v) is 7.00. The van der Waals surface area contributed by atoms with Gasteiger partial charge in [0.05, 0.1) is 18.1 Å². The molecule has 1 fully saturated rings. The minimum atomic E-state index is -1.17. The zero-order valence-electron chi connectivity index (χ0n) is 45.8. The molecule has 0 aliphatic carbocycles. The predicted molar refractivity (Wildman–Crippen MR) is 274 cm³/mol. The molecule has 3 aliphatic rings. The molecular weight excluding hydrogens is 1060 g/mol. The van der Waals surface area contributed by atoms with Gasteiger partial charge in [-0.25, -0.2) is 14.4 Å². The van der Waals surface area contributed by atoms with Gasteiger partial charge in [-0.05, 0) is 46.5 Å². The third-order valence-electron chi connectivity index (χ3n) is 11.7. The third kappa shape index (κ3) is 28.1. The van der Waals surface area contributed by atoms with Crippen LogP contribution in [-0.2, 0) is 91.0 Å². The molecule has 0 aromatic heterocycles. The number of amides is 10. The second-order valence-corrected chi connectivity index (χ2v) is 18.9. The van der Waals surface area contributed by atoms with Crippen molar-refractivity contribution >= 4 is 94.3 Å². The summed E-state index contributed by atoms with van der Waals surface area (Å²) >= 11 is 0. The average Bonchev–Trinajstić information content (AvgIpc) is 4.01. The number of imide groups is 3. The predicted octanol–water partition coefficient (Wildman–Crippen LogP) is -0.971. The summed E-state index contributed by atoms with van der Waals surface area (Å²) in [5, 5.41) is 27.1. The van der Waals surface area contributed by atoms with Crippen LogP contribution in [0.2, 0.25) is 0 Å². The molecule has 1 saturated heterocycles. The van der Waals surface area contributed by atoms with Gasteiger partial charge in [-0.1, -0.05) is 33.6 Å². The van der Waals surface area contributed by atoms with Crippen molar-refractivity contribution in [3.63, 3.8) is 0 Å². The smallest absolute Gasteiger partial charge is 0.333 e. The van der Waals surface area contributed by atoms with Crippen molar-refractivity contribution in [2.45, 2.75) is 143 Å². The normalized spacial score (nSPS) is 15.8. The Labute approximate surface area is 461 Å². The van der Waals surface area contributed by atoms with Crippen LogP contribution in [0.3, 0.4) is 0 Å². The summed E-state index contributed by atoms with van der Waals surface area (Å²) in [6, 6.07) is -2.31. The number of nitrogens with one attached hydrogen (secondary N) is 4. The molecule has 8 N–H and O–H groups in total. The lowest BCUT2D eigenvalue weighted by atomic mass is 9.98. The Morgan fingerprint density at radius 1 is 0.525 bits per heavy atom. The summed E-state index contributed by atoms with van der Waals surface area (Å²) in [7, 11) is 0. The monoisotopic (exact) mass is 1130 g/mol. The number of aliphatic carboxylic acids is 2. The number of hydrogen-bond acceptors (Lipinski definition) is 20. The van der Waals surface area contributed by atoms with Crippen molar-refractivity contribution in [2.24, 2.45) is 23.5 Å². The third-order valence-corrected chi connectivity index (χ3v) is 11.7. The first-order chi connectivity index (χ1) is 37.5. The Kier molecular flexibility index (Phi) is 32.5. The number of rotatable bonds is 35. The van der Waals surface area contributed by atoms with Gasteiger partial charge in [-0.2, -0.15) is 0 Å². The molecule has 3 aliphatic heterocycles. The van der Waals surface area contributed by atoms with Crippen LogP contribution in [-0.4, -0.2) is 177 Å². The van der Waals surface area contributed by atoms with Gasteiger partial charge in [0.15, 0.2) is 11.6 Å². The summed E-state index contributed by atoms with van der Waals surface area (Å²) < 4.78 is 9.37. The molecule has 29 heteroatoms. The SMILES string of the molecule is C[C@H](CC(=O)[C@H](C)NC(=O)[C@H](C)CC(=O)CCCCCN1C(=O)C=CC1=O)C(=O)NCOCC(=O)O.C[C@H](N)C(=O)N[C@@H](C)C(=O)C[C@@H](C)C(=O)NCOCC(=O)O.O=C(CCCCCN1C(=O)C=CC1=O)ON1C(=O)CCC1=O. The lowest BCUT2D eigenvalue weighted by molar-refractivity contribution is -0.197. The van der Waals surface area contributed by atoms with E-state index in [-0.39, 0.29) is 99.4 Å². The topological polar surface area (TPSA) is 425 Å². The summed E-state index contributed by atoms with van der Waals surface area (Å²) in [5.41, 5.74) is 5.38. The largest absolute Gasteiger partial charge is 0.480 e. The van der Waals surface area contributed by atoms with Gasteiger partial charge in [0, 0.05) is 100 Å². The fraction of sp³-hybridized carbons (Fsp3) is 0.608. The second kappa shape index (κ2) is 37.0. The van der Waals surface area contributed by atoms with Gasteiger partial charge < -0.3 is 51.5 Å². The second-order valence-electron chi connectivity index (χ2n) is 18.9. The molecule has 3 heterocycles. The maximum atomic E-state index is 12.4. The molecule has 10 amide bonds. The van der Waals surface area contributed by atoms with E-state index in [1.807, 2.05) is 0 Å². The highest BCUT2D eigenvalue weighted by atomic mass is 16.7. The molecule has 29 nitrogen and oxygen atoms in total. The zero-order chi connectivity index (χ0) is 60.6. The van der Waals surface area contributed by atoms with Crippen molar-refractivity contribution in [1.82, 2.24) is 36.1 Å². The maximum Gasteiger partial charge on any atom is 0.333 e. The molecule has 0 bridgehead atoms. The number of hydroxylamine groups is 2. The van der Waals surface area contributed by atoms with Gasteiger partial charge in [0.25, 0.3) is 35.4 Å². The number of carboxylic acids is 2. The highest BCUT2D eigenvalue weighted by Gasteiger charge is 2.33. The summed E-state index contributed by atoms with van der Waals surface area (Å²) in [4.78, 5) is 191. The van der Waals surface area contributed by atoms with Crippen molar-refractivity contribution in [3.8, 4) is 0 Å². The molecule has 0 saturated carbocycles. The molecule has 0 spiro atoms. The first-order valence-electron chi connectivity index (χ1n) is 25.8. The van der Waals surface area contributed by atoms with Gasteiger partial charge in [-0.15, -0.1) is 5.06 Å². The molecule has 0 radical (unpaired) electrons. The summed E-state index contributed by atoms with van der Waals surface area (Å²) in [5.74, 6) is -9.80. The Hall–Kier alpha value is -7.92. The lowest BCUT2D eigenvalue weighted by Crippen LogP contribution is -2.46. The average molecular weight is 1140 g/mol. The van der Waals surface area contributed by atoms with E-state index in [1.165, 1.54) is 52.0 Å². The van der Waals surface area contributed by atoms with Gasteiger partial charge in [0.2, 0.25) is 23.6 Å². The Balaban J connectivity index is 0.000000631. The first kappa shape index (κ1) is 70.1. The van der Waals surface area contributed by atoms with Gasteiger partial charge in [-0.3, -0.25) is 72.1 Å². The van der Waals surface area contributed by atoms with Crippen molar-refractivity contribution < 1.29 is 101 Å². The molecule has 444 valence electrons. The van der Waals surface area contributed by atoms with Gasteiger partial charge >= 0.3 is 17.9 Å². The van der Waals surface area contributed by atoms with E-state index >= 15 is 0 Å². The number of hydrogen-bond donors (Lipinski definition) is 7. The number of carboxylic acid groups (broad SMARTS) is 2. The number of nitrogens with two attached hydrogens (primary N) is 1. The molecular formula is C51H74N8O21. The maximum absolute atomic E-state index is 12.4. The zero-order valence-corrected chi connectivity index (χ0v) is 45.8. The lowest BCUT2D eigenvalue weighted by Gasteiger charge is -2.18. The van der Waals surface area contributed by atoms with E-state index in [9.17, 15) is 76.7 Å². The van der Waals surface area contributed by atoms with Crippen LogP contribution < -0.4 is 27.0 Å². The van der Waals surface area contributed by atoms with Crippen LogP contribution in [0.5, 0.6) is 0 Å². The highest BCUT2D eigenvalue weighted by Crippen LogP contribution is 2.15. The highest BCUT2D eigenvalue weighted by molar-refractivity contribution is 6.13. The molecule has 80 heavy (non-hydrogen) atoms. The number of Topliss-reactive ketones (excluding diaryl/α,β-unsaturated/α-hetero) is 3. The van der Waals surface area contributed by atoms with E-state index < -0.39 is 102 Å². The molecule has 6 atom stereocenters. The van der Waals surface area contributed by atoms with Crippen LogP contribution >= 0.6 is 0 Å². The quantitative estimate of drug-likeness (QED) is 0.0228. The molecule has 0 aromatic carbocycles. The van der Waals surface area contributed by atoms with Crippen LogP contribution in [0.4, 0.5) is 0 Å². The van der Waals surface area contributed by atoms with Crippen molar-refractivity contribution in [2.75, 3.05) is 39.8 Å². The number of nitrogens with zero attached hydrogens (tertiary/aromatic N) is 3. The van der Waals surface area contributed by atoms with Crippen molar-refractivity contribution in [3.05, 3.63) is 24.3 Å². The molecule has 3 rings (SSSR count). The number of carbonyl (C=O) groups is 16. The van der Waals surface area contributed by atoms with E-state index in [0.717, 1.165) is 9.80 Å². The van der Waals surface area contributed by atoms with E-state index in [1.54, 1.807) is 13.8 Å². The number of carbonyl (C=O) groups excluding carboxylic acids is 14. The fourth-order valence-electron chi connectivity index (χ4n) is 7.00. The van der Waals surface area contributed by atoms with Crippen LogP contribution in [0.25, 0.3) is 0 Å². The van der Waals surface area contributed by atoms with Gasteiger partial charge in [0.1, 0.15) is 32.5 Å². The van der Waals surface area contributed by atoms with Crippen LogP contribution in [0, 0.1) is 17.8 Å². The number of unbranched alkanes of at least 4 members (excludes halogenated alkanes) is 4. The molecule has 0 unspecified atom stereocenters. The van der Waals surface area contributed by atoms with E-state index in [4.69, 9.17) is 25.5 Å². The molecule has 0 aromatic rings. The standard InChI is InChI=1S/C24H35N3O9.C14H16N2O6.C13H23N3O6/c1-15(11-18(28)7-5-4-6-10-27-20(30)8-9-21(27)31)24(35)26-17(3)19(29)12-16(2)23(34)25-14-36-13-22(32)33;17-10-5-6-11(18)15(10)9-3-1-2-4-14(21)22-16-12(19)7-8-13(16)20;1-7(12(20)15-6-22-5-11(18)19)4-10(17)9(3)16-13(21)8(2)14/h8-9,15-17H,4-7,10-14H2,1-3H3,(H,25,34)(H,26,35)(H,32,33);5-6H,1-4,7-9H2;7-9H,4-6,14H2,1-3H3,(H,15,20)(H,16,21)(H,18,19)/t15-,16-,17+;;7-,8+,9+/m1.1/s1.